The molecule has 0 aromatic rings. The lowest BCUT2D eigenvalue weighted by Crippen LogP contribution is -2.60. The van der Waals surface area contributed by atoms with E-state index in [2.05, 4.69) is 111 Å². The first-order chi connectivity index (χ1) is 31.0. The van der Waals surface area contributed by atoms with Gasteiger partial charge in [-0.1, -0.05) is 149 Å². The molecule has 1 rings (SSSR count). The van der Waals surface area contributed by atoms with Gasteiger partial charge in [0.05, 0.1) is 6.61 Å². The van der Waals surface area contributed by atoms with Crippen molar-refractivity contribution in [2.24, 2.45) is 0 Å². The molecule has 0 aromatic carbocycles. The Labute approximate surface area is 385 Å². The van der Waals surface area contributed by atoms with Gasteiger partial charge in [0.2, 0.25) is 0 Å². The summed E-state index contributed by atoms with van der Waals surface area (Å²) in [6, 6.07) is 0. The molecule has 2 unspecified atom stereocenters. The third kappa shape index (κ3) is 33.8. The summed E-state index contributed by atoms with van der Waals surface area (Å²) in [5.74, 6) is -2.14. The normalized spacial score (nSPS) is 20.6. The predicted molar refractivity (Wildman–Crippen MR) is 256 cm³/mol. The molecule has 0 radical (unpaired) electrons. The van der Waals surface area contributed by atoms with Gasteiger partial charge in [0.25, 0.3) is 10.1 Å². The third-order valence-corrected chi connectivity index (χ3v) is 10.6. The van der Waals surface area contributed by atoms with Crippen LogP contribution < -0.4 is 0 Å². The van der Waals surface area contributed by atoms with E-state index in [4.69, 9.17) is 18.9 Å². The first-order valence-electron chi connectivity index (χ1n) is 23.4. The second-order valence-corrected chi connectivity index (χ2v) is 17.2. The average Bonchev–Trinajstić information content (AvgIpc) is 3.26. The van der Waals surface area contributed by atoms with Gasteiger partial charge in [-0.3, -0.25) is 14.1 Å². The molecule has 1 fully saturated rings. The van der Waals surface area contributed by atoms with Gasteiger partial charge in [0, 0.05) is 12.8 Å². The monoisotopic (exact) mass is 917 g/mol. The standard InChI is InChI=1S/C51H80O12S/c1-3-5-7-9-11-13-15-17-19-21-22-24-25-27-29-31-33-35-37-39-46(52)60-41-44(42-61-51-50(56)49(55)48(54)45(63-51)43-64(57,58)59)62-47(53)40-38-36-34-32-30-28-26-23-20-18-16-14-12-10-8-6-4-2/h5,7,11-14,17-20,22,24,26-29,33,35,44-45,48-51,54-56H,3-4,6,8-10,15-16,21,23,25,30-32,34,36-43H2,1-2H3,(H,57,58,59)/b7-5+,13-11+,14-12+,19-17+,20-18+,24-22+,28-26+,29-27+,35-33+/t44-,45-,48-,49?,50?,51+/m1/s1. The van der Waals surface area contributed by atoms with Crippen LogP contribution in [0.5, 0.6) is 0 Å². The molecule has 6 atom stereocenters. The lowest BCUT2D eigenvalue weighted by Gasteiger charge is -2.40. The molecule has 0 bridgehead atoms. The van der Waals surface area contributed by atoms with E-state index < -0.39 is 71.2 Å². The molecule has 1 heterocycles. The largest absolute Gasteiger partial charge is 0.462 e. The van der Waals surface area contributed by atoms with E-state index in [1.165, 1.54) is 19.3 Å². The number of allylic oxidation sites excluding steroid dienone is 18. The molecule has 4 N–H and O–H groups in total. The maximum atomic E-state index is 12.8. The lowest BCUT2D eigenvalue weighted by atomic mass is 10.00. The van der Waals surface area contributed by atoms with Crippen molar-refractivity contribution < 1.29 is 56.8 Å². The highest BCUT2D eigenvalue weighted by molar-refractivity contribution is 7.85. The SMILES string of the molecule is CC/C=C/C/C=C/C/C=C/C/C=C/C/C=C/C/C=C/CCC(=O)OC[C@H](CO[C@H]1O[C@H](CS(=O)(=O)O)[C@@H](O)C(O)C1O)OC(=O)CCCCCC/C=C/C/C=C/C/C=C/CCCCC. The van der Waals surface area contributed by atoms with Crippen LogP contribution in [-0.4, -0.2) is 96.0 Å². The molecule has 0 aliphatic carbocycles. The first-order valence-corrected chi connectivity index (χ1v) is 25.1. The quantitative estimate of drug-likeness (QED) is 0.0200. The number of rotatable bonds is 37. The van der Waals surface area contributed by atoms with Gasteiger partial charge in [-0.05, 0) is 89.9 Å². The molecular weight excluding hydrogens is 837 g/mol. The Kier molecular flexibility index (Phi) is 36.1. The topological polar surface area (TPSA) is 186 Å². The molecule has 1 aliphatic heterocycles. The van der Waals surface area contributed by atoms with Gasteiger partial charge in [-0.2, -0.15) is 8.42 Å². The zero-order chi connectivity index (χ0) is 46.9. The van der Waals surface area contributed by atoms with E-state index >= 15 is 0 Å². The molecule has 12 nitrogen and oxygen atoms in total. The lowest BCUT2D eigenvalue weighted by molar-refractivity contribution is -0.297. The van der Waals surface area contributed by atoms with Crippen LogP contribution in [0.2, 0.25) is 0 Å². The van der Waals surface area contributed by atoms with Crippen molar-refractivity contribution in [2.75, 3.05) is 19.0 Å². The molecule has 13 heteroatoms. The van der Waals surface area contributed by atoms with Crippen molar-refractivity contribution in [1.29, 1.82) is 0 Å². The van der Waals surface area contributed by atoms with Gasteiger partial charge in [0.1, 0.15) is 36.8 Å². The van der Waals surface area contributed by atoms with Crippen molar-refractivity contribution in [2.45, 2.75) is 179 Å². The van der Waals surface area contributed by atoms with E-state index in [-0.39, 0.29) is 19.4 Å². The van der Waals surface area contributed by atoms with Crippen LogP contribution in [-0.2, 0) is 38.7 Å². The minimum Gasteiger partial charge on any atom is -0.462 e. The fraction of sp³-hybridized carbons (Fsp3) is 0.608. The second kappa shape index (κ2) is 39.7. The van der Waals surface area contributed by atoms with E-state index in [0.29, 0.717) is 12.8 Å². The maximum Gasteiger partial charge on any atom is 0.306 e. The van der Waals surface area contributed by atoms with Crippen molar-refractivity contribution in [3.05, 3.63) is 109 Å². The van der Waals surface area contributed by atoms with Crippen LogP contribution >= 0.6 is 0 Å². The smallest absolute Gasteiger partial charge is 0.306 e. The molecule has 1 aliphatic rings. The number of esters is 2. The third-order valence-electron chi connectivity index (χ3n) is 9.85. The Bertz CT molecular complexity index is 1590. The number of hydrogen-bond acceptors (Lipinski definition) is 11. The molecule has 64 heavy (non-hydrogen) atoms. The van der Waals surface area contributed by atoms with Gasteiger partial charge in [0.15, 0.2) is 12.4 Å². The second-order valence-electron chi connectivity index (χ2n) is 15.7. The Balaban J connectivity index is 2.52. The van der Waals surface area contributed by atoms with Gasteiger partial charge >= 0.3 is 11.9 Å². The van der Waals surface area contributed by atoms with Crippen molar-refractivity contribution >= 4 is 22.1 Å². The highest BCUT2D eigenvalue weighted by Gasteiger charge is 2.46. The minimum atomic E-state index is -4.62. The highest BCUT2D eigenvalue weighted by Crippen LogP contribution is 2.24. The number of aliphatic hydroxyl groups excluding tert-OH is 3. The zero-order valence-electron chi connectivity index (χ0n) is 38.6. The Morgan fingerprint density at radius 3 is 1.52 bits per heavy atom. The summed E-state index contributed by atoms with van der Waals surface area (Å²) in [5.41, 5.74) is 0. The van der Waals surface area contributed by atoms with Crippen LogP contribution in [0.25, 0.3) is 0 Å². The van der Waals surface area contributed by atoms with Crippen LogP contribution in [0.4, 0.5) is 0 Å². The first kappa shape index (κ1) is 58.3. The molecule has 0 aromatic heterocycles. The van der Waals surface area contributed by atoms with Gasteiger partial charge in [-0.15, -0.1) is 0 Å². The molecule has 0 amide bonds. The Morgan fingerprint density at radius 2 is 1.02 bits per heavy atom. The predicted octanol–water partition coefficient (Wildman–Crippen LogP) is 10.0. The Hall–Kier alpha value is -3.69. The molecule has 1 saturated heterocycles. The van der Waals surface area contributed by atoms with Crippen molar-refractivity contribution in [1.82, 2.24) is 0 Å². The van der Waals surface area contributed by atoms with E-state index in [0.717, 1.165) is 83.5 Å². The van der Waals surface area contributed by atoms with Crippen LogP contribution in [0.15, 0.2) is 109 Å². The number of carbonyl (C=O) groups excluding carboxylic acids is 2. The maximum absolute atomic E-state index is 12.8. The van der Waals surface area contributed by atoms with Gasteiger partial charge < -0.3 is 34.3 Å². The van der Waals surface area contributed by atoms with Crippen LogP contribution in [0, 0.1) is 0 Å². The number of ether oxygens (including phenoxy) is 4. The van der Waals surface area contributed by atoms with E-state index in [1.807, 2.05) is 12.2 Å². The number of carbonyl (C=O) groups is 2. The summed E-state index contributed by atoms with van der Waals surface area (Å²) in [4.78, 5) is 25.4. The number of hydrogen-bond donors (Lipinski definition) is 4. The van der Waals surface area contributed by atoms with E-state index in [9.17, 15) is 37.9 Å². The summed E-state index contributed by atoms with van der Waals surface area (Å²) >= 11 is 0. The fourth-order valence-electron chi connectivity index (χ4n) is 6.24. The average molecular weight is 917 g/mol. The number of aliphatic hydroxyl groups is 3. The number of unbranched alkanes of at least 4 members (excludes halogenated alkanes) is 7. The molecule has 0 spiro atoms. The van der Waals surface area contributed by atoms with E-state index in [1.54, 1.807) is 0 Å². The fourth-order valence-corrected chi connectivity index (χ4v) is 6.93. The van der Waals surface area contributed by atoms with Gasteiger partial charge in [-0.25, -0.2) is 0 Å². The Morgan fingerprint density at radius 1 is 0.547 bits per heavy atom. The van der Waals surface area contributed by atoms with Crippen molar-refractivity contribution in [3.8, 4) is 0 Å². The summed E-state index contributed by atoms with van der Waals surface area (Å²) < 4.78 is 54.0. The summed E-state index contributed by atoms with van der Waals surface area (Å²) in [7, 11) is -4.62. The van der Waals surface area contributed by atoms with Crippen molar-refractivity contribution in [3.63, 3.8) is 0 Å². The minimum absolute atomic E-state index is 0.0816. The molecule has 0 saturated carbocycles. The molecule has 362 valence electrons. The van der Waals surface area contributed by atoms with Crippen LogP contribution in [0.3, 0.4) is 0 Å². The van der Waals surface area contributed by atoms with Crippen LogP contribution in [0.1, 0.15) is 142 Å². The summed E-state index contributed by atoms with van der Waals surface area (Å²) in [6.07, 6.45) is 45.7. The molecular formula is C51H80O12S. The summed E-state index contributed by atoms with van der Waals surface area (Å²) in [5, 5.41) is 30.9. The zero-order valence-corrected chi connectivity index (χ0v) is 39.4. The summed E-state index contributed by atoms with van der Waals surface area (Å²) in [6.45, 7) is 3.52. The highest BCUT2D eigenvalue weighted by atomic mass is 32.2.